The Balaban J connectivity index is 1.63. The van der Waals surface area contributed by atoms with Gasteiger partial charge < -0.3 is 20.6 Å². The van der Waals surface area contributed by atoms with E-state index in [1.54, 1.807) is 31.2 Å². The van der Waals surface area contributed by atoms with E-state index in [1.807, 2.05) is 36.4 Å². The maximum Gasteiger partial charge on any atom is 0.268 e. The van der Waals surface area contributed by atoms with Crippen LogP contribution >= 0.6 is 0 Å². The molecule has 1 atom stereocenters. The van der Waals surface area contributed by atoms with Gasteiger partial charge in [0.15, 0.2) is 5.84 Å². The Morgan fingerprint density at radius 3 is 2.55 bits per heavy atom. The van der Waals surface area contributed by atoms with E-state index in [0.717, 1.165) is 11.1 Å². The first kappa shape index (κ1) is 21.8. The Kier molecular flexibility index (Phi) is 7.22. The number of hydrogen-bond acceptors (Lipinski definition) is 4. The number of nitrogens with one attached hydrogen (secondary N) is 1. The normalized spacial score (nSPS) is 12.2. The number of aryl methyl sites for hydroxylation is 1. The van der Waals surface area contributed by atoms with E-state index in [2.05, 4.69) is 10.5 Å². The average molecular weight is 421 g/mol. The molecule has 1 unspecified atom stereocenters. The first-order valence-corrected chi connectivity index (χ1v) is 9.76. The number of oxime groups is 1. The summed E-state index contributed by atoms with van der Waals surface area (Å²) in [5, 5.41) is 6.35. The molecule has 6 nitrogen and oxygen atoms in total. The van der Waals surface area contributed by atoms with Gasteiger partial charge in [-0.15, -0.1) is 0 Å². The van der Waals surface area contributed by atoms with Crippen LogP contribution in [0, 0.1) is 12.7 Å². The highest BCUT2D eigenvalue weighted by Crippen LogP contribution is 2.20. The summed E-state index contributed by atoms with van der Waals surface area (Å²) in [5.41, 5.74) is 8.44. The molecule has 3 aromatic rings. The topological polar surface area (TPSA) is 85.9 Å². The molecular weight excluding hydrogens is 397 g/mol. The number of halogens is 1. The van der Waals surface area contributed by atoms with Crippen molar-refractivity contribution in [3.8, 4) is 5.75 Å². The lowest BCUT2D eigenvalue weighted by Gasteiger charge is -2.13. The van der Waals surface area contributed by atoms with Gasteiger partial charge in [0.1, 0.15) is 18.2 Å². The number of nitrogens with zero attached hydrogens (tertiary/aromatic N) is 1. The van der Waals surface area contributed by atoms with Crippen molar-refractivity contribution in [2.24, 2.45) is 10.9 Å². The van der Waals surface area contributed by atoms with Gasteiger partial charge in [0.25, 0.3) is 5.91 Å². The molecule has 0 radical (unpaired) electrons. The van der Waals surface area contributed by atoms with Gasteiger partial charge in [-0.25, -0.2) is 4.39 Å². The molecule has 0 aromatic heterocycles. The van der Waals surface area contributed by atoms with Crippen LogP contribution in [0.5, 0.6) is 5.75 Å². The Hall–Kier alpha value is -3.87. The number of benzene rings is 3. The van der Waals surface area contributed by atoms with Crippen molar-refractivity contribution in [3.05, 3.63) is 95.3 Å². The molecule has 1 amide bonds. The van der Waals surface area contributed by atoms with E-state index in [4.69, 9.17) is 15.3 Å². The van der Waals surface area contributed by atoms with E-state index >= 15 is 0 Å². The zero-order valence-electron chi connectivity index (χ0n) is 17.3. The fourth-order valence-electron chi connectivity index (χ4n) is 2.73. The second-order valence-corrected chi connectivity index (χ2v) is 6.97. The number of carbonyl (C=O) groups excluding carboxylic acids is 1. The molecule has 3 aromatic carbocycles. The molecule has 0 fully saturated rings. The van der Waals surface area contributed by atoms with E-state index < -0.39 is 17.8 Å². The van der Waals surface area contributed by atoms with Crippen molar-refractivity contribution in [2.75, 3.05) is 5.32 Å². The van der Waals surface area contributed by atoms with E-state index in [9.17, 15) is 9.18 Å². The number of para-hydroxylation sites is 1. The minimum Gasteiger partial charge on any atom is -0.488 e. The highest BCUT2D eigenvalue weighted by molar-refractivity contribution is 5.99. The second kappa shape index (κ2) is 10.2. The lowest BCUT2D eigenvalue weighted by atomic mass is 10.2. The maximum atomic E-state index is 13.9. The number of ether oxygens (including phenoxy) is 1. The lowest BCUT2D eigenvalue weighted by molar-refractivity contribution is -0.126. The molecule has 0 aliphatic carbocycles. The summed E-state index contributed by atoms with van der Waals surface area (Å²) in [6.45, 7) is 3.63. The van der Waals surface area contributed by atoms with Crippen LogP contribution in [-0.4, -0.2) is 17.8 Å². The van der Waals surface area contributed by atoms with Gasteiger partial charge in [0.2, 0.25) is 6.10 Å². The Labute approximate surface area is 180 Å². The van der Waals surface area contributed by atoms with Crippen molar-refractivity contribution in [2.45, 2.75) is 26.6 Å². The monoisotopic (exact) mass is 421 g/mol. The third-order valence-electron chi connectivity index (χ3n) is 4.46. The van der Waals surface area contributed by atoms with Gasteiger partial charge in [0.05, 0.1) is 11.3 Å². The summed E-state index contributed by atoms with van der Waals surface area (Å²) < 4.78 is 19.8. The van der Waals surface area contributed by atoms with Crippen molar-refractivity contribution in [1.82, 2.24) is 0 Å². The third kappa shape index (κ3) is 6.05. The van der Waals surface area contributed by atoms with Crippen LogP contribution in [0.3, 0.4) is 0 Å². The number of nitrogens with two attached hydrogens (primary N) is 1. The molecule has 3 rings (SSSR count). The van der Waals surface area contributed by atoms with Crippen LogP contribution in [0.1, 0.15) is 23.6 Å². The number of anilines is 1. The van der Waals surface area contributed by atoms with Crippen molar-refractivity contribution >= 4 is 17.4 Å². The summed E-state index contributed by atoms with van der Waals surface area (Å²) in [4.78, 5) is 17.5. The number of rotatable bonds is 8. The van der Waals surface area contributed by atoms with Crippen molar-refractivity contribution in [3.63, 3.8) is 0 Å². The fourth-order valence-corrected chi connectivity index (χ4v) is 2.73. The van der Waals surface area contributed by atoms with Gasteiger partial charge in [-0.05, 0) is 49.2 Å². The zero-order valence-corrected chi connectivity index (χ0v) is 17.3. The molecule has 31 heavy (non-hydrogen) atoms. The summed E-state index contributed by atoms with van der Waals surface area (Å²) >= 11 is 0. The molecule has 0 bridgehead atoms. The molecule has 0 aliphatic rings. The van der Waals surface area contributed by atoms with E-state index in [-0.39, 0.29) is 11.5 Å². The Morgan fingerprint density at radius 2 is 1.81 bits per heavy atom. The van der Waals surface area contributed by atoms with Gasteiger partial charge in [0, 0.05) is 0 Å². The van der Waals surface area contributed by atoms with Crippen LogP contribution in [-0.2, 0) is 16.2 Å². The lowest BCUT2D eigenvalue weighted by Crippen LogP contribution is -2.28. The van der Waals surface area contributed by atoms with Crippen molar-refractivity contribution < 1.29 is 18.8 Å². The van der Waals surface area contributed by atoms with Gasteiger partial charge in [-0.1, -0.05) is 53.7 Å². The standard InChI is InChI=1S/C24H24FN3O3/c1-16-12-13-21(20(25)14-16)27-24(29)17(2)31-28-23(26)19-10-6-7-11-22(19)30-15-18-8-4-3-5-9-18/h3-14,17H,15H2,1-2H3,(H2,26,28)(H,27,29). The maximum absolute atomic E-state index is 13.9. The largest absolute Gasteiger partial charge is 0.488 e. The summed E-state index contributed by atoms with van der Waals surface area (Å²) in [6.07, 6.45) is -0.989. The summed E-state index contributed by atoms with van der Waals surface area (Å²) in [5.74, 6) is -0.471. The summed E-state index contributed by atoms with van der Waals surface area (Å²) in [6, 6.07) is 21.4. The van der Waals surface area contributed by atoms with Crippen LogP contribution in [0.15, 0.2) is 78.0 Å². The van der Waals surface area contributed by atoms with Crippen molar-refractivity contribution in [1.29, 1.82) is 0 Å². The predicted octanol–water partition coefficient (Wildman–Crippen LogP) is 4.38. The highest BCUT2D eigenvalue weighted by atomic mass is 19.1. The van der Waals surface area contributed by atoms with Gasteiger partial charge >= 0.3 is 0 Å². The van der Waals surface area contributed by atoms with Crippen LogP contribution in [0.25, 0.3) is 0 Å². The first-order valence-electron chi connectivity index (χ1n) is 9.76. The Bertz CT molecular complexity index is 1070. The number of carbonyl (C=O) groups is 1. The molecule has 0 spiro atoms. The molecule has 0 saturated carbocycles. The SMILES string of the molecule is Cc1ccc(NC(=O)C(C)ON=C(N)c2ccccc2OCc2ccccc2)c(F)c1. The molecule has 160 valence electrons. The van der Waals surface area contributed by atoms with E-state index in [0.29, 0.717) is 17.9 Å². The quantitative estimate of drug-likeness (QED) is 0.321. The molecule has 3 N–H and O–H groups in total. The van der Waals surface area contributed by atoms with Crippen LogP contribution < -0.4 is 15.8 Å². The zero-order chi connectivity index (χ0) is 22.2. The van der Waals surface area contributed by atoms with E-state index in [1.165, 1.54) is 19.1 Å². The van der Waals surface area contributed by atoms with Crippen LogP contribution in [0.2, 0.25) is 0 Å². The molecule has 0 aliphatic heterocycles. The minimum atomic E-state index is -0.989. The Morgan fingerprint density at radius 1 is 1.10 bits per heavy atom. The molecule has 0 saturated heterocycles. The van der Waals surface area contributed by atoms with Gasteiger partial charge in [-0.2, -0.15) is 0 Å². The molecule has 0 heterocycles. The number of hydrogen-bond donors (Lipinski definition) is 2. The molecule has 7 heteroatoms. The smallest absolute Gasteiger partial charge is 0.268 e. The fraction of sp³-hybridized carbons (Fsp3) is 0.167. The van der Waals surface area contributed by atoms with Crippen LogP contribution in [0.4, 0.5) is 10.1 Å². The second-order valence-electron chi connectivity index (χ2n) is 6.97. The first-order chi connectivity index (χ1) is 14.9. The summed E-state index contributed by atoms with van der Waals surface area (Å²) in [7, 11) is 0. The van der Waals surface area contributed by atoms with Gasteiger partial charge in [-0.3, -0.25) is 4.79 Å². The highest BCUT2D eigenvalue weighted by Gasteiger charge is 2.17. The minimum absolute atomic E-state index is 0.0600. The third-order valence-corrected chi connectivity index (χ3v) is 4.46. The number of amidine groups is 1. The average Bonchev–Trinajstić information content (AvgIpc) is 2.78. The number of amides is 1. The molecular formula is C24H24FN3O3. The predicted molar refractivity (Wildman–Crippen MR) is 118 cm³/mol.